The van der Waals surface area contributed by atoms with E-state index in [2.05, 4.69) is 34.2 Å². The minimum absolute atomic E-state index is 0.192. The predicted octanol–water partition coefficient (Wildman–Crippen LogP) is 4.36. The molecule has 30 heavy (non-hydrogen) atoms. The molecule has 2 aromatic carbocycles. The normalized spacial score (nSPS) is 11.7. The molecule has 4 rings (SSSR count). The summed E-state index contributed by atoms with van der Waals surface area (Å²) in [5, 5.41) is 5.58. The lowest BCUT2D eigenvalue weighted by Gasteiger charge is -2.10. The summed E-state index contributed by atoms with van der Waals surface area (Å²) in [7, 11) is 0. The van der Waals surface area contributed by atoms with Gasteiger partial charge in [0.2, 0.25) is 0 Å². The number of carbonyl (C=O) groups is 1. The Morgan fingerprint density at radius 3 is 2.70 bits per heavy atom. The van der Waals surface area contributed by atoms with E-state index in [1.807, 2.05) is 53.5 Å². The molecule has 0 N–H and O–H groups in total. The van der Waals surface area contributed by atoms with Crippen LogP contribution < -0.4 is 4.74 Å². The molecule has 0 amide bonds. The summed E-state index contributed by atoms with van der Waals surface area (Å²) in [5.74, 6) is 3.21. The fourth-order valence-corrected chi connectivity index (χ4v) is 3.38. The fourth-order valence-electron chi connectivity index (χ4n) is 3.38. The predicted molar refractivity (Wildman–Crippen MR) is 116 cm³/mol. The van der Waals surface area contributed by atoms with E-state index >= 15 is 0 Å². The van der Waals surface area contributed by atoms with Gasteiger partial charge in [0.15, 0.2) is 0 Å². The molecule has 0 fully saturated rings. The Hall–Kier alpha value is -3.91. The van der Waals surface area contributed by atoms with E-state index < -0.39 is 0 Å². The van der Waals surface area contributed by atoms with Crippen LogP contribution in [-0.2, 0) is 17.9 Å². The van der Waals surface area contributed by atoms with E-state index in [-0.39, 0.29) is 5.92 Å². The maximum Gasteiger partial charge on any atom is 0.121 e. The molecule has 0 unspecified atom stereocenters. The van der Waals surface area contributed by atoms with Crippen LogP contribution in [0.5, 0.6) is 5.75 Å². The maximum atomic E-state index is 10.7. The van der Waals surface area contributed by atoms with Crippen molar-refractivity contribution in [2.75, 3.05) is 0 Å². The van der Waals surface area contributed by atoms with Gasteiger partial charge in [0, 0.05) is 24.2 Å². The van der Waals surface area contributed by atoms with Crippen LogP contribution in [0, 0.1) is 12.3 Å². The van der Waals surface area contributed by atoms with Crippen LogP contribution in [0.2, 0.25) is 0 Å². The number of fused-ring (bicyclic) bond motifs is 1. The van der Waals surface area contributed by atoms with Crippen molar-refractivity contribution in [3.63, 3.8) is 0 Å². The monoisotopic (exact) mass is 395 g/mol. The number of rotatable bonds is 8. The molecule has 148 valence electrons. The second-order valence-electron chi connectivity index (χ2n) is 7.04. The van der Waals surface area contributed by atoms with Gasteiger partial charge in [0.1, 0.15) is 18.6 Å². The topological polar surface area (TPSA) is 57.0 Å². The third-order valence-electron chi connectivity index (χ3n) is 4.98. The van der Waals surface area contributed by atoms with Gasteiger partial charge in [-0.05, 0) is 47.0 Å². The Bertz CT molecular complexity index is 1170. The van der Waals surface area contributed by atoms with Gasteiger partial charge in [0.25, 0.3) is 0 Å². The highest BCUT2D eigenvalue weighted by atomic mass is 16.5. The van der Waals surface area contributed by atoms with Gasteiger partial charge in [-0.2, -0.15) is 5.10 Å². The Morgan fingerprint density at radius 1 is 1.10 bits per heavy atom. The summed E-state index contributed by atoms with van der Waals surface area (Å²) in [6.07, 6.45) is 12.2. The van der Waals surface area contributed by atoms with E-state index in [4.69, 9.17) is 11.2 Å². The van der Waals surface area contributed by atoms with Gasteiger partial charge in [-0.1, -0.05) is 30.2 Å². The van der Waals surface area contributed by atoms with Crippen LogP contribution in [0.15, 0.2) is 73.2 Å². The molecule has 0 saturated carbocycles. The zero-order valence-corrected chi connectivity index (χ0v) is 16.4. The van der Waals surface area contributed by atoms with Crippen molar-refractivity contribution in [1.82, 2.24) is 14.8 Å². The molecule has 1 atom stereocenters. The molecular formula is C25H21N3O2. The minimum atomic E-state index is -0.192. The van der Waals surface area contributed by atoms with Crippen molar-refractivity contribution in [3.05, 3.63) is 89.9 Å². The lowest BCUT2D eigenvalue weighted by molar-refractivity contribution is -0.107. The number of benzene rings is 2. The highest BCUT2D eigenvalue weighted by Crippen LogP contribution is 2.23. The highest BCUT2D eigenvalue weighted by molar-refractivity contribution is 5.79. The molecule has 0 aliphatic heterocycles. The van der Waals surface area contributed by atoms with E-state index in [1.165, 1.54) is 0 Å². The zero-order chi connectivity index (χ0) is 20.8. The van der Waals surface area contributed by atoms with Crippen molar-refractivity contribution in [2.24, 2.45) is 0 Å². The van der Waals surface area contributed by atoms with Gasteiger partial charge in [-0.25, -0.2) is 0 Å². The summed E-state index contributed by atoms with van der Waals surface area (Å²) < 4.78 is 7.88. The van der Waals surface area contributed by atoms with Gasteiger partial charge in [0.05, 0.1) is 24.2 Å². The summed E-state index contributed by atoms with van der Waals surface area (Å²) in [5.41, 5.74) is 4.19. The molecule has 2 aromatic heterocycles. The number of nitrogens with zero attached hydrogens (tertiary/aromatic N) is 3. The molecule has 5 nitrogen and oxygen atoms in total. The van der Waals surface area contributed by atoms with Crippen molar-refractivity contribution < 1.29 is 9.53 Å². The molecule has 4 aromatic rings. The number of pyridine rings is 1. The Morgan fingerprint density at radius 2 is 1.97 bits per heavy atom. The summed E-state index contributed by atoms with van der Waals surface area (Å²) in [4.78, 5) is 14.9. The Labute approximate surface area is 175 Å². The van der Waals surface area contributed by atoms with Crippen LogP contribution in [0.1, 0.15) is 29.0 Å². The molecule has 2 heterocycles. The van der Waals surface area contributed by atoms with Crippen LogP contribution >= 0.6 is 0 Å². The number of hydrogen-bond donors (Lipinski definition) is 0. The molecule has 0 spiro atoms. The molecule has 5 heteroatoms. The number of carbonyl (C=O) groups excluding carboxylic acids is 1. The number of aromatic nitrogens is 3. The first-order valence-electron chi connectivity index (χ1n) is 9.72. The molecule has 0 radical (unpaired) electrons. The Balaban J connectivity index is 1.42. The zero-order valence-electron chi connectivity index (χ0n) is 16.4. The van der Waals surface area contributed by atoms with Gasteiger partial charge in [-0.15, -0.1) is 6.42 Å². The minimum Gasteiger partial charge on any atom is -0.489 e. The quantitative estimate of drug-likeness (QED) is 0.328. The van der Waals surface area contributed by atoms with Crippen LogP contribution in [0.3, 0.4) is 0 Å². The summed E-state index contributed by atoms with van der Waals surface area (Å²) in [6.45, 7) is 1.14. The second-order valence-corrected chi connectivity index (χ2v) is 7.04. The largest absolute Gasteiger partial charge is 0.489 e. The van der Waals surface area contributed by atoms with Crippen LogP contribution in [0.4, 0.5) is 0 Å². The van der Waals surface area contributed by atoms with Crippen LogP contribution in [-0.4, -0.2) is 21.1 Å². The fraction of sp³-hybridized carbons (Fsp3) is 0.160. The van der Waals surface area contributed by atoms with E-state index in [0.29, 0.717) is 19.6 Å². The molecule has 0 aliphatic carbocycles. The number of aldehydes is 1. The average molecular weight is 395 g/mol. The van der Waals surface area contributed by atoms with Crippen LogP contribution in [0.25, 0.3) is 10.9 Å². The third-order valence-corrected chi connectivity index (χ3v) is 4.98. The van der Waals surface area contributed by atoms with Crippen molar-refractivity contribution in [1.29, 1.82) is 0 Å². The van der Waals surface area contributed by atoms with E-state index in [1.54, 1.807) is 6.20 Å². The van der Waals surface area contributed by atoms with Crippen molar-refractivity contribution >= 4 is 17.2 Å². The SMILES string of the molecule is C#C[C@@H](CC=O)c1ccc(OCc2ccc3c(cnn3Cc3cccnc3)c2)cc1. The Kier molecular flexibility index (Phi) is 5.86. The smallest absolute Gasteiger partial charge is 0.121 e. The highest BCUT2D eigenvalue weighted by Gasteiger charge is 2.08. The molecule has 0 bridgehead atoms. The van der Waals surface area contributed by atoms with Crippen molar-refractivity contribution in [3.8, 4) is 18.1 Å². The first-order chi connectivity index (χ1) is 14.8. The van der Waals surface area contributed by atoms with Gasteiger partial charge >= 0.3 is 0 Å². The van der Waals surface area contributed by atoms with E-state index in [9.17, 15) is 4.79 Å². The van der Waals surface area contributed by atoms with Gasteiger partial charge in [-0.3, -0.25) is 9.67 Å². The molecule has 0 aliphatic rings. The second kappa shape index (κ2) is 9.06. The first-order valence-corrected chi connectivity index (χ1v) is 9.72. The standard InChI is InChI=1S/C25H21N3O2/c1-2-21(11-13-29)22-6-8-24(9-7-22)30-18-19-5-10-25-23(14-19)16-27-28(25)17-20-4-3-12-26-15-20/h1,3-10,12-16,21H,11,17-18H2/t21-/m0/s1. The average Bonchev–Trinajstić information content (AvgIpc) is 3.19. The number of ether oxygens (including phenoxy) is 1. The third kappa shape index (κ3) is 4.39. The van der Waals surface area contributed by atoms with E-state index in [0.717, 1.165) is 39.6 Å². The first kappa shape index (κ1) is 19.4. The number of terminal acetylenes is 1. The van der Waals surface area contributed by atoms with Crippen molar-refractivity contribution in [2.45, 2.75) is 25.5 Å². The molecular weight excluding hydrogens is 374 g/mol. The molecule has 0 saturated heterocycles. The lowest BCUT2D eigenvalue weighted by Crippen LogP contribution is -2.01. The maximum absolute atomic E-state index is 10.7. The lowest BCUT2D eigenvalue weighted by atomic mass is 9.97. The summed E-state index contributed by atoms with van der Waals surface area (Å²) >= 11 is 0. The number of hydrogen-bond acceptors (Lipinski definition) is 4. The van der Waals surface area contributed by atoms with Gasteiger partial charge < -0.3 is 9.53 Å². The summed E-state index contributed by atoms with van der Waals surface area (Å²) in [6, 6.07) is 17.8.